The first kappa shape index (κ1) is 20.4. The summed E-state index contributed by atoms with van der Waals surface area (Å²) in [5, 5.41) is 0. The molecule has 0 atom stereocenters. The number of allylic oxidation sites excluding steroid dienone is 1. The Balaban J connectivity index is 1.93. The van der Waals surface area contributed by atoms with Crippen LogP contribution in [0.15, 0.2) is 55.1 Å². The highest BCUT2D eigenvalue weighted by Gasteiger charge is 2.13. The first-order valence-corrected chi connectivity index (χ1v) is 8.85. The van der Waals surface area contributed by atoms with Gasteiger partial charge in [-0.3, -0.25) is 4.79 Å². The van der Waals surface area contributed by atoms with Crippen molar-refractivity contribution in [1.82, 2.24) is 4.90 Å². The van der Waals surface area contributed by atoms with Gasteiger partial charge in [-0.15, -0.1) is 6.58 Å². The number of methoxy groups -OCH3 is 1. The van der Waals surface area contributed by atoms with Gasteiger partial charge in [-0.2, -0.15) is 0 Å². The largest absolute Gasteiger partial charge is 0.493 e. The molecule has 0 N–H and O–H groups in total. The number of likely N-dealkylation sites (N-methyl/N-ethyl adjacent to an activating group) is 1. The van der Waals surface area contributed by atoms with Crippen LogP contribution in [0.3, 0.4) is 0 Å². The number of rotatable bonds is 9. The van der Waals surface area contributed by atoms with Crippen LogP contribution >= 0.6 is 0 Å². The molecule has 144 valence electrons. The van der Waals surface area contributed by atoms with Crippen LogP contribution in [0, 0.1) is 0 Å². The van der Waals surface area contributed by atoms with Gasteiger partial charge in [0.05, 0.1) is 7.11 Å². The second-order valence-electron chi connectivity index (χ2n) is 6.58. The minimum atomic E-state index is -0.0936. The normalized spacial score (nSPS) is 10.2. The quantitative estimate of drug-likeness (QED) is 0.635. The van der Waals surface area contributed by atoms with Gasteiger partial charge in [0.1, 0.15) is 0 Å². The molecular formula is C22H28N2O3. The number of carbonyl (C=O) groups excluding carboxylic acids is 1. The summed E-state index contributed by atoms with van der Waals surface area (Å²) >= 11 is 0. The molecule has 0 heterocycles. The molecule has 0 aliphatic heterocycles. The number of ether oxygens (including phenoxy) is 2. The molecule has 0 bridgehead atoms. The fourth-order valence-corrected chi connectivity index (χ4v) is 2.64. The van der Waals surface area contributed by atoms with E-state index >= 15 is 0 Å². The van der Waals surface area contributed by atoms with Gasteiger partial charge in [0.2, 0.25) is 0 Å². The number of hydrogen-bond donors (Lipinski definition) is 0. The smallest absolute Gasteiger partial charge is 0.260 e. The van der Waals surface area contributed by atoms with Crippen molar-refractivity contribution >= 4 is 11.6 Å². The lowest BCUT2D eigenvalue weighted by Crippen LogP contribution is -2.31. The average molecular weight is 368 g/mol. The Labute approximate surface area is 161 Å². The summed E-state index contributed by atoms with van der Waals surface area (Å²) in [5.74, 6) is 1.08. The number of amides is 1. The topological polar surface area (TPSA) is 42.0 Å². The van der Waals surface area contributed by atoms with E-state index in [-0.39, 0.29) is 12.5 Å². The second-order valence-corrected chi connectivity index (χ2v) is 6.58. The van der Waals surface area contributed by atoms with Gasteiger partial charge < -0.3 is 19.3 Å². The lowest BCUT2D eigenvalue weighted by molar-refractivity contribution is -0.132. The Morgan fingerprint density at radius 1 is 1.04 bits per heavy atom. The lowest BCUT2D eigenvalue weighted by Gasteiger charge is -2.19. The van der Waals surface area contributed by atoms with Crippen LogP contribution in [0.2, 0.25) is 0 Å². The molecule has 0 aliphatic rings. The zero-order valence-corrected chi connectivity index (χ0v) is 16.6. The molecule has 5 nitrogen and oxygen atoms in total. The molecule has 5 heteroatoms. The zero-order valence-electron chi connectivity index (χ0n) is 16.6. The highest BCUT2D eigenvalue weighted by molar-refractivity contribution is 5.77. The third-order valence-corrected chi connectivity index (χ3v) is 4.26. The standard InChI is InChI=1S/C22H28N2O3/c1-6-7-17-10-13-20(21(14-17)26-5)27-16-22(25)24(4)15-18-8-11-19(12-9-18)23(2)3/h6,8-14H,1,7,15-16H2,2-5H3. The maximum Gasteiger partial charge on any atom is 0.260 e. The Hall–Kier alpha value is -2.95. The minimum Gasteiger partial charge on any atom is -0.493 e. The summed E-state index contributed by atoms with van der Waals surface area (Å²) in [5.41, 5.74) is 3.28. The van der Waals surface area contributed by atoms with Crippen LogP contribution in [0.1, 0.15) is 11.1 Å². The third kappa shape index (κ3) is 5.78. The molecule has 0 aromatic heterocycles. The molecule has 2 aromatic carbocycles. The van der Waals surface area contributed by atoms with Gasteiger partial charge in [0.25, 0.3) is 5.91 Å². The van der Waals surface area contributed by atoms with Crippen molar-refractivity contribution in [3.63, 3.8) is 0 Å². The second kappa shape index (κ2) is 9.67. The number of nitrogens with zero attached hydrogens (tertiary/aromatic N) is 2. The summed E-state index contributed by atoms with van der Waals surface area (Å²) in [6.45, 7) is 4.23. The van der Waals surface area contributed by atoms with E-state index in [0.717, 1.165) is 23.2 Å². The van der Waals surface area contributed by atoms with E-state index in [1.165, 1.54) is 0 Å². The molecular weight excluding hydrogens is 340 g/mol. The van der Waals surface area contributed by atoms with Crippen LogP contribution in [-0.2, 0) is 17.8 Å². The van der Waals surface area contributed by atoms with Crippen molar-refractivity contribution in [2.45, 2.75) is 13.0 Å². The summed E-state index contributed by atoms with van der Waals surface area (Å²) in [6.07, 6.45) is 2.59. The minimum absolute atomic E-state index is 0.0382. The van der Waals surface area contributed by atoms with E-state index in [2.05, 4.69) is 6.58 Å². The van der Waals surface area contributed by atoms with E-state index in [1.54, 1.807) is 19.1 Å². The Kier molecular flexibility index (Phi) is 7.29. The Morgan fingerprint density at radius 3 is 2.30 bits per heavy atom. The number of hydrogen-bond acceptors (Lipinski definition) is 4. The summed E-state index contributed by atoms with van der Waals surface area (Å²) < 4.78 is 11.0. The van der Waals surface area contributed by atoms with Gasteiger partial charge in [0, 0.05) is 33.4 Å². The molecule has 0 spiro atoms. The van der Waals surface area contributed by atoms with Gasteiger partial charge in [0.15, 0.2) is 18.1 Å². The third-order valence-electron chi connectivity index (χ3n) is 4.26. The molecule has 0 saturated heterocycles. The van der Waals surface area contributed by atoms with E-state index < -0.39 is 0 Å². The van der Waals surface area contributed by atoms with E-state index in [4.69, 9.17) is 9.47 Å². The molecule has 2 rings (SSSR count). The van der Waals surface area contributed by atoms with Gasteiger partial charge >= 0.3 is 0 Å². The van der Waals surface area contributed by atoms with Crippen LogP contribution in [0.5, 0.6) is 11.5 Å². The SMILES string of the molecule is C=CCc1ccc(OCC(=O)N(C)Cc2ccc(N(C)C)cc2)c(OC)c1. The van der Waals surface area contributed by atoms with Crippen molar-refractivity contribution in [1.29, 1.82) is 0 Å². The fraction of sp³-hybridized carbons (Fsp3) is 0.318. The highest BCUT2D eigenvalue weighted by atomic mass is 16.5. The highest BCUT2D eigenvalue weighted by Crippen LogP contribution is 2.28. The maximum absolute atomic E-state index is 12.4. The van der Waals surface area contributed by atoms with Crippen LogP contribution in [0.4, 0.5) is 5.69 Å². The lowest BCUT2D eigenvalue weighted by atomic mass is 10.1. The average Bonchev–Trinajstić information content (AvgIpc) is 2.67. The van der Waals surface area contributed by atoms with E-state index in [1.807, 2.05) is 67.5 Å². The van der Waals surface area contributed by atoms with Crippen molar-refractivity contribution in [2.24, 2.45) is 0 Å². The van der Waals surface area contributed by atoms with E-state index in [0.29, 0.717) is 18.0 Å². The van der Waals surface area contributed by atoms with Crippen molar-refractivity contribution in [3.8, 4) is 11.5 Å². The zero-order chi connectivity index (χ0) is 19.8. The number of benzene rings is 2. The summed E-state index contributed by atoms with van der Waals surface area (Å²) in [4.78, 5) is 16.1. The first-order chi connectivity index (χ1) is 12.9. The Bertz CT molecular complexity index is 770. The van der Waals surface area contributed by atoms with Crippen molar-refractivity contribution in [3.05, 3.63) is 66.2 Å². The molecule has 0 radical (unpaired) electrons. The fourth-order valence-electron chi connectivity index (χ4n) is 2.64. The molecule has 0 aliphatic carbocycles. The summed E-state index contributed by atoms with van der Waals surface area (Å²) in [7, 11) is 7.36. The van der Waals surface area contributed by atoms with Crippen molar-refractivity contribution in [2.75, 3.05) is 39.8 Å². The van der Waals surface area contributed by atoms with Crippen LogP contribution < -0.4 is 14.4 Å². The predicted octanol–water partition coefficient (Wildman–Crippen LogP) is 3.53. The number of carbonyl (C=O) groups is 1. The molecule has 1 amide bonds. The molecule has 0 saturated carbocycles. The van der Waals surface area contributed by atoms with Gasteiger partial charge in [-0.05, 0) is 41.8 Å². The first-order valence-electron chi connectivity index (χ1n) is 8.85. The molecule has 0 unspecified atom stereocenters. The maximum atomic E-state index is 12.4. The molecule has 0 fully saturated rings. The predicted molar refractivity (Wildman–Crippen MR) is 110 cm³/mol. The monoisotopic (exact) mass is 368 g/mol. The van der Waals surface area contributed by atoms with Crippen LogP contribution in [0.25, 0.3) is 0 Å². The number of anilines is 1. The molecule has 2 aromatic rings. The van der Waals surface area contributed by atoms with Crippen molar-refractivity contribution < 1.29 is 14.3 Å². The van der Waals surface area contributed by atoms with Gasteiger partial charge in [-0.25, -0.2) is 0 Å². The van der Waals surface area contributed by atoms with E-state index in [9.17, 15) is 4.79 Å². The molecule has 27 heavy (non-hydrogen) atoms. The summed E-state index contributed by atoms with van der Waals surface area (Å²) in [6, 6.07) is 13.8. The van der Waals surface area contributed by atoms with Gasteiger partial charge in [-0.1, -0.05) is 24.3 Å². The Morgan fingerprint density at radius 2 is 1.70 bits per heavy atom. The van der Waals surface area contributed by atoms with Crippen LogP contribution in [-0.4, -0.2) is 45.7 Å².